The van der Waals surface area contributed by atoms with Gasteiger partial charge < -0.3 is 10.5 Å². The standard InChI is InChI=1S/C15H18N4O3S2/c1-11(23-24-14-8-4-5-9-18-14)10-21-15(20)22-19(17)13-7-3-2-6-12(13)16/h2-9,11H,10,16-17H2,1H3. The Balaban J connectivity index is 1.71. The molecule has 1 aromatic heterocycles. The van der Waals surface area contributed by atoms with Crippen LogP contribution in [0.2, 0.25) is 0 Å². The van der Waals surface area contributed by atoms with Gasteiger partial charge in [-0.1, -0.05) is 29.0 Å². The molecular weight excluding hydrogens is 348 g/mol. The molecule has 0 amide bonds. The van der Waals surface area contributed by atoms with E-state index in [4.69, 9.17) is 21.2 Å². The molecule has 0 saturated carbocycles. The third-order valence-electron chi connectivity index (χ3n) is 2.72. The molecule has 1 aromatic carbocycles. The van der Waals surface area contributed by atoms with Crippen LogP contribution in [0, 0.1) is 0 Å². The minimum atomic E-state index is -0.893. The van der Waals surface area contributed by atoms with E-state index in [1.54, 1.807) is 41.3 Å². The zero-order chi connectivity index (χ0) is 17.4. The summed E-state index contributed by atoms with van der Waals surface area (Å²) in [5.41, 5.74) is 6.52. The van der Waals surface area contributed by atoms with Crippen molar-refractivity contribution in [3.8, 4) is 0 Å². The van der Waals surface area contributed by atoms with Gasteiger partial charge in [0.2, 0.25) is 0 Å². The number of rotatable bonds is 7. The minimum absolute atomic E-state index is 0.0533. The Kier molecular flexibility index (Phi) is 7.04. The molecule has 24 heavy (non-hydrogen) atoms. The van der Waals surface area contributed by atoms with E-state index in [9.17, 15) is 4.79 Å². The Hall–Kier alpha value is -2.10. The van der Waals surface area contributed by atoms with Crippen LogP contribution in [0.3, 0.4) is 0 Å². The molecule has 0 saturated heterocycles. The molecule has 1 unspecified atom stereocenters. The summed E-state index contributed by atoms with van der Waals surface area (Å²) in [7, 11) is 3.06. The molecule has 0 aliphatic heterocycles. The maximum Gasteiger partial charge on any atom is 0.534 e. The molecule has 0 radical (unpaired) electrons. The number of anilines is 2. The fourth-order valence-corrected chi connectivity index (χ4v) is 3.46. The first-order chi connectivity index (χ1) is 11.6. The van der Waals surface area contributed by atoms with Gasteiger partial charge in [0.15, 0.2) is 0 Å². The molecule has 9 heteroatoms. The van der Waals surface area contributed by atoms with Crippen molar-refractivity contribution in [1.82, 2.24) is 4.98 Å². The van der Waals surface area contributed by atoms with E-state index in [1.165, 1.54) is 10.8 Å². The number of nitrogen functional groups attached to an aromatic ring is 1. The zero-order valence-electron chi connectivity index (χ0n) is 13.0. The topological polar surface area (TPSA) is 104 Å². The largest absolute Gasteiger partial charge is 0.534 e. The van der Waals surface area contributed by atoms with Crippen LogP contribution in [0.1, 0.15) is 6.92 Å². The van der Waals surface area contributed by atoms with E-state index >= 15 is 0 Å². The van der Waals surface area contributed by atoms with Gasteiger partial charge in [0.25, 0.3) is 0 Å². The molecular formula is C15H18N4O3S2. The van der Waals surface area contributed by atoms with Crippen LogP contribution in [0.15, 0.2) is 53.7 Å². The van der Waals surface area contributed by atoms with Gasteiger partial charge in [0, 0.05) is 11.4 Å². The Morgan fingerprint density at radius 1 is 1.29 bits per heavy atom. The van der Waals surface area contributed by atoms with Crippen molar-refractivity contribution in [2.24, 2.45) is 5.84 Å². The SMILES string of the molecule is CC(COC(=O)ON(N)c1ccccc1N)SSc1ccccn1. The number of para-hydroxylation sites is 2. The average molecular weight is 366 g/mol. The molecule has 1 atom stereocenters. The van der Waals surface area contributed by atoms with Crippen LogP contribution in [-0.4, -0.2) is 23.0 Å². The predicted octanol–water partition coefficient (Wildman–Crippen LogP) is 3.24. The first-order valence-corrected chi connectivity index (χ1v) is 9.26. The molecule has 7 nitrogen and oxygen atoms in total. The number of aromatic nitrogens is 1. The highest BCUT2D eigenvalue weighted by Gasteiger charge is 2.15. The van der Waals surface area contributed by atoms with Crippen molar-refractivity contribution in [3.63, 3.8) is 0 Å². The summed E-state index contributed by atoms with van der Waals surface area (Å²) in [6.07, 6.45) is 0.836. The van der Waals surface area contributed by atoms with Crippen LogP contribution in [0.5, 0.6) is 0 Å². The molecule has 2 aromatic rings. The summed E-state index contributed by atoms with van der Waals surface area (Å²) >= 11 is 0. The number of ether oxygens (including phenoxy) is 1. The normalized spacial score (nSPS) is 11.6. The molecule has 0 aliphatic rings. The number of benzene rings is 1. The lowest BCUT2D eigenvalue weighted by Gasteiger charge is -2.18. The summed E-state index contributed by atoms with van der Waals surface area (Å²) in [6.45, 7) is 2.12. The van der Waals surface area contributed by atoms with E-state index in [1.807, 2.05) is 25.1 Å². The second kappa shape index (κ2) is 9.26. The highest BCUT2D eigenvalue weighted by atomic mass is 33.1. The van der Waals surface area contributed by atoms with Crippen LogP contribution in [0.25, 0.3) is 0 Å². The van der Waals surface area contributed by atoms with Crippen molar-refractivity contribution in [2.75, 3.05) is 17.5 Å². The predicted molar refractivity (Wildman–Crippen MR) is 97.1 cm³/mol. The monoisotopic (exact) mass is 366 g/mol. The van der Waals surface area contributed by atoms with Crippen molar-refractivity contribution in [1.29, 1.82) is 0 Å². The molecule has 4 N–H and O–H groups in total. The van der Waals surface area contributed by atoms with E-state index in [2.05, 4.69) is 4.98 Å². The van der Waals surface area contributed by atoms with Gasteiger partial charge in [-0.2, -0.15) is 0 Å². The number of hydrogen-bond acceptors (Lipinski definition) is 9. The molecule has 0 aliphatic carbocycles. The van der Waals surface area contributed by atoms with Crippen molar-refractivity contribution in [3.05, 3.63) is 48.7 Å². The van der Waals surface area contributed by atoms with Crippen molar-refractivity contribution >= 4 is 39.1 Å². The lowest BCUT2D eigenvalue weighted by molar-refractivity contribution is 0.0473. The number of hydrazine groups is 1. The van der Waals surface area contributed by atoms with Gasteiger partial charge in [0.05, 0.1) is 5.69 Å². The van der Waals surface area contributed by atoms with Gasteiger partial charge in [0.1, 0.15) is 17.3 Å². The first kappa shape index (κ1) is 18.2. The number of hydrogen-bond donors (Lipinski definition) is 2. The number of pyridine rings is 1. The van der Waals surface area contributed by atoms with Crippen LogP contribution >= 0.6 is 21.6 Å². The zero-order valence-corrected chi connectivity index (χ0v) is 14.6. The first-order valence-electron chi connectivity index (χ1n) is 7.04. The maximum atomic E-state index is 11.7. The maximum absolute atomic E-state index is 11.7. The van der Waals surface area contributed by atoms with Crippen molar-refractivity contribution in [2.45, 2.75) is 17.2 Å². The fourth-order valence-electron chi connectivity index (χ4n) is 1.59. The fraction of sp³-hybridized carbons (Fsp3) is 0.200. The van der Waals surface area contributed by atoms with Crippen LogP contribution in [-0.2, 0) is 9.57 Å². The Bertz CT molecular complexity index is 660. The number of nitrogens with two attached hydrogens (primary N) is 2. The smallest absolute Gasteiger partial charge is 0.431 e. The Morgan fingerprint density at radius 2 is 2.04 bits per heavy atom. The second-order valence-electron chi connectivity index (χ2n) is 4.70. The molecule has 0 fully saturated rings. The highest BCUT2D eigenvalue weighted by Crippen LogP contribution is 2.32. The number of carbonyl (C=O) groups excluding carboxylic acids is 1. The minimum Gasteiger partial charge on any atom is -0.431 e. The molecule has 0 spiro atoms. The summed E-state index contributed by atoms with van der Waals surface area (Å²) in [5, 5.41) is 1.74. The lowest BCUT2D eigenvalue weighted by Crippen LogP contribution is -2.35. The van der Waals surface area contributed by atoms with Gasteiger partial charge in [-0.05, 0) is 42.0 Å². The quantitative estimate of drug-likeness (QED) is 0.251. The van der Waals surface area contributed by atoms with Gasteiger partial charge in [-0.15, -0.1) is 5.17 Å². The number of carbonyl (C=O) groups is 1. The highest BCUT2D eigenvalue weighted by molar-refractivity contribution is 8.76. The average Bonchev–Trinajstić information content (AvgIpc) is 2.59. The van der Waals surface area contributed by atoms with Gasteiger partial charge in [-0.25, -0.2) is 15.6 Å². The molecule has 0 bridgehead atoms. The van der Waals surface area contributed by atoms with E-state index in [-0.39, 0.29) is 11.9 Å². The van der Waals surface area contributed by atoms with Crippen LogP contribution < -0.4 is 16.7 Å². The number of nitrogens with zero attached hydrogens (tertiary/aromatic N) is 2. The summed E-state index contributed by atoms with van der Waals surface area (Å²) in [6, 6.07) is 12.4. The van der Waals surface area contributed by atoms with Gasteiger partial charge in [-0.3, -0.25) is 4.84 Å². The Labute approximate surface area is 148 Å². The van der Waals surface area contributed by atoms with Crippen molar-refractivity contribution < 1.29 is 14.4 Å². The van der Waals surface area contributed by atoms with E-state index in [0.717, 1.165) is 10.2 Å². The van der Waals surface area contributed by atoms with E-state index in [0.29, 0.717) is 11.4 Å². The summed E-state index contributed by atoms with van der Waals surface area (Å²) in [4.78, 5) is 20.8. The van der Waals surface area contributed by atoms with Gasteiger partial charge >= 0.3 is 6.16 Å². The third-order valence-corrected chi connectivity index (χ3v) is 5.48. The van der Waals surface area contributed by atoms with E-state index < -0.39 is 6.16 Å². The summed E-state index contributed by atoms with van der Waals surface area (Å²) in [5.74, 6) is 5.65. The molecule has 1 heterocycles. The lowest BCUT2D eigenvalue weighted by atomic mass is 10.3. The van der Waals surface area contributed by atoms with Crippen LogP contribution in [0.4, 0.5) is 16.2 Å². The second-order valence-corrected chi connectivity index (χ2v) is 7.35. The molecule has 2 rings (SSSR count). The molecule has 128 valence electrons. The third kappa shape index (κ3) is 5.84. The Morgan fingerprint density at radius 3 is 2.75 bits per heavy atom. The summed E-state index contributed by atoms with van der Waals surface area (Å²) < 4.78 is 5.05.